The van der Waals surface area contributed by atoms with E-state index in [4.69, 9.17) is 11.6 Å². The van der Waals surface area contributed by atoms with Crippen LogP contribution < -0.4 is 0 Å². The van der Waals surface area contributed by atoms with Crippen molar-refractivity contribution < 1.29 is 4.58 Å². The fourth-order valence-electron chi connectivity index (χ4n) is 1.76. The summed E-state index contributed by atoms with van der Waals surface area (Å²) in [6.45, 7) is 2.32. The Kier molecular flexibility index (Phi) is 3.57. The molecule has 1 heterocycles. The van der Waals surface area contributed by atoms with Crippen molar-refractivity contribution in [2.24, 2.45) is 0 Å². The van der Waals surface area contributed by atoms with Crippen LogP contribution in [0.2, 0.25) is 0 Å². The molecule has 0 atom stereocenters. The van der Waals surface area contributed by atoms with Crippen LogP contribution in [0.5, 0.6) is 0 Å². The number of nitrogens with zero attached hydrogens (tertiary/aromatic N) is 1. The summed E-state index contributed by atoms with van der Waals surface area (Å²) in [4.78, 5) is 0. The van der Waals surface area contributed by atoms with Crippen LogP contribution in [0.4, 0.5) is 0 Å². The second kappa shape index (κ2) is 5.13. The molecule has 15 heavy (non-hydrogen) atoms. The summed E-state index contributed by atoms with van der Waals surface area (Å²) < 4.78 is 2.31. The van der Waals surface area contributed by atoms with Crippen LogP contribution in [-0.4, -0.2) is 23.9 Å². The molecule has 0 aliphatic carbocycles. The van der Waals surface area contributed by atoms with E-state index < -0.39 is 0 Å². The molecule has 2 rings (SSSR count). The van der Waals surface area contributed by atoms with Crippen LogP contribution in [0.3, 0.4) is 0 Å². The predicted molar refractivity (Wildman–Crippen MR) is 65.6 cm³/mol. The second-order valence-corrected chi connectivity index (χ2v) is 4.18. The summed E-state index contributed by atoms with van der Waals surface area (Å²) in [5.41, 5.74) is 1.08. The molecule has 0 aromatic heterocycles. The van der Waals surface area contributed by atoms with Gasteiger partial charge in [-0.2, -0.15) is 0 Å². The third-order valence-electron chi connectivity index (χ3n) is 2.62. The monoisotopic (exact) mass is 220 g/mol. The molecule has 1 fully saturated rings. The van der Waals surface area contributed by atoms with Crippen molar-refractivity contribution in [2.75, 3.05) is 13.1 Å². The molecule has 2 heteroatoms. The zero-order valence-electron chi connectivity index (χ0n) is 8.70. The molecule has 0 unspecified atom stereocenters. The van der Waals surface area contributed by atoms with E-state index in [0.717, 1.165) is 23.7 Å². The van der Waals surface area contributed by atoms with Gasteiger partial charge in [0, 0.05) is 18.9 Å². The fraction of sp³-hybridized carbons (Fsp3) is 0.308. The Morgan fingerprint density at radius 2 is 1.80 bits per heavy atom. The molecule has 1 aliphatic rings. The molecule has 0 radical (unpaired) electrons. The van der Waals surface area contributed by atoms with Gasteiger partial charge < -0.3 is 0 Å². The van der Waals surface area contributed by atoms with Gasteiger partial charge in [-0.05, 0) is 5.56 Å². The van der Waals surface area contributed by atoms with E-state index >= 15 is 0 Å². The summed E-state index contributed by atoms with van der Waals surface area (Å²) in [5, 5.41) is 0.808. The van der Waals surface area contributed by atoms with Crippen molar-refractivity contribution in [3.63, 3.8) is 0 Å². The molecular weight excluding hydrogens is 206 g/mol. The highest BCUT2D eigenvalue weighted by Crippen LogP contribution is 2.17. The third kappa shape index (κ3) is 2.93. The van der Waals surface area contributed by atoms with Crippen LogP contribution in [-0.2, 0) is 0 Å². The van der Waals surface area contributed by atoms with Gasteiger partial charge in [0.05, 0.1) is 5.03 Å². The topological polar surface area (TPSA) is 3.01 Å². The molecule has 1 aromatic carbocycles. The second-order valence-electron chi connectivity index (χ2n) is 3.77. The molecule has 1 nitrogen and oxygen atoms in total. The molecule has 1 saturated heterocycles. The molecule has 1 aromatic rings. The van der Waals surface area contributed by atoms with E-state index in [0.29, 0.717) is 0 Å². The first-order valence-electron chi connectivity index (χ1n) is 5.36. The van der Waals surface area contributed by atoms with Gasteiger partial charge in [-0.3, -0.25) is 0 Å². The summed E-state index contributed by atoms with van der Waals surface area (Å²) >= 11 is 6.19. The standard InChI is InChI=1S/C13H15ClN/c14-13(12-6-2-1-3-7-12)8-11-15-9-4-5-10-15/h1-3,6-8,11H,4-5,9-10H2/q+1. The number of benzene rings is 1. The zero-order chi connectivity index (χ0) is 10.5. The van der Waals surface area contributed by atoms with Crippen molar-refractivity contribution >= 4 is 22.8 Å². The maximum Gasteiger partial charge on any atom is 0.164 e. The van der Waals surface area contributed by atoms with Gasteiger partial charge >= 0.3 is 0 Å². The fourth-order valence-corrected chi connectivity index (χ4v) is 1.94. The molecule has 0 amide bonds. The van der Waals surface area contributed by atoms with Gasteiger partial charge in [0.15, 0.2) is 6.21 Å². The van der Waals surface area contributed by atoms with Crippen LogP contribution in [0, 0.1) is 0 Å². The van der Waals surface area contributed by atoms with E-state index in [1.807, 2.05) is 36.4 Å². The normalized spacial score (nSPS) is 16.9. The van der Waals surface area contributed by atoms with Crippen molar-refractivity contribution in [3.05, 3.63) is 42.0 Å². The first-order valence-corrected chi connectivity index (χ1v) is 5.74. The lowest BCUT2D eigenvalue weighted by atomic mass is 10.2. The molecule has 0 N–H and O–H groups in total. The smallest absolute Gasteiger partial charge is 0.164 e. The highest BCUT2D eigenvalue weighted by molar-refractivity contribution is 6.49. The Labute approximate surface area is 95.7 Å². The molecule has 1 aliphatic heterocycles. The minimum Gasteiger partial charge on any atom is -0.236 e. The number of halogens is 1. The van der Waals surface area contributed by atoms with Gasteiger partial charge in [0.1, 0.15) is 13.1 Å². The van der Waals surface area contributed by atoms with Crippen LogP contribution in [0.15, 0.2) is 36.4 Å². The van der Waals surface area contributed by atoms with E-state index in [-0.39, 0.29) is 0 Å². The Balaban J connectivity index is 2.10. The van der Waals surface area contributed by atoms with E-state index in [9.17, 15) is 0 Å². The third-order valence-corrected chi connectivity index (χ3v) is 2.97. The largest absolute Gasteiger partial charge is 0.236 e. The SMILES string of the molecule is ClC(=CC=[N+]1CCCC1)c1ccccc1. The van der Waals surface area contributed by atoms with Crippen LogP contribution in [0.1, 0.15) is 18.4 Å². The molecule has 0 saturated carbocycles. The van der Waals surface area contributed by atoms with Crippen molar-refractivity contribution in [1.82, 2.24) is 0 Å². The summed E-state index contributed by atoms with van der Waals surface area (Å²) in [5.74, 6) is 0. The maximum atomic E-state index is 6.19. The Morgan fingerprint density at radius 3 is 2.47 bits per heavy atom. The number of allylic oxidation sites excluding steroid dienone is 1. The lowest BCUT2D eigenvalue weighted by molar-refractivity contribution is -0.500. The minimum atomic E-state index is 0.808. The number of hydrogen-bond donors (Lipinski definition) is 0. The van der Waals surface area contributed by atoms with Gasteiger partial charge in [0.2, 0.25) is 0 Å². The first-order chi connectivity index (χ1) is 7.36. The van der Waals surface area contributed by atoms with Gasteiger partial charge in [-0.1, -0.05) is 41.9 Å². The first kappa shape index (κ1) is 10.4. The van der Waals surface area contributed by atoms with Gasteiger partial charge in [-0.15, -0.1) is 0 Å². The maximum absolute atomic E-state index is 6.19. The zero-order valence-corrected chi connectivity index (χ0v) is 9.45. The number of rotatable bonds is 2. The summed E-state index contributed by atoms with van der Waals surface area (Å²) in [6.07, 6.45) is 6.69. The quantitative estimate of drug-likeness (QED) is 0.674. The summed E-state index contributed by atoms with van der Waals surface area (Å²) in [7, 11) is 0. The van der Waals surface area contributed by atoms with Crippen LogP contribution in [0.25, 0.3) is 5.03 Å². The molecule has 0 bridgehead atoms. The lowest BCUT2D eigenvalue weighted by Gasteiger charge is -1.95. The average molecular weight is 221 g/mol. The Hall–Kier alpha value is -1.08. The van der Waals surface area contributed by atoms with E-state index in [1.165, 1.54) is 12.8 Å². The van der Waals surface area contributed by atoms with Crippen molar-refractivity contribution in [3.8, 4) is 0 Å². The Bertz CT molecular complexity index is 371. The van der Waals surface area contributed by atoms with E-state index in [1.54, 1.807) is 0 Å². The highest BCUT2D eigenvalue weighted by Gasteiger charge is 2.10. The minimum absolute atomic E-state index is 0.808. The van der Waals surface area contributed by atoms with Gasteiger partial charge in [0.25, 0.3) is 0 Å². The van der Waals surface area contributed by atoms with Gasteiger partial charge in [-0.25, -0.2) is 4.58 Å². The van der Waals surface area contributed by atoms with E-state index in [2.05, 4.69) is 10.8 Å². The predicted octanol–water partition coefficient (Wildman–Crippen LogP) is 3.14. The number of hydrogen-bond acceptors (Lipinski definition) is 0. The summed E-state index contributed by atoms with van der Waals surface area (Å²) in [6, 6.07) is 10.0. The highest BCUT2D eigenvalue weighted by atomic mass is 35.5. The molecular formula is C13H15ClN+. The molecule has 0 spiro atoms. The van der Waals surface area contributed by atoms with Crippen LogP contribution >= 0.6 is 11.6 Å². The van der Waals surface area contributed by atoms with Crippen molar-refractivity contribution in [1.29, 1.82) is 0 Å². The average Bonchev–Trinajstić information content (AvgIpc) is 2.80. The van der Waals surface area contributed by atoms with Crippen molar-refractivity contribution in [2.45, 2.75) is 12.8 Å². The Morgan fingerprint density at radius 1 is 1.13 bits per heavy atom. The molecule has 78 valence electrons. The lowest BCUT2D eigenvalue weighted by Crippen LogP contribution is -2.05.